The summed E-state index contributed by atoms with van der Waals surface area (Å²) in [5.74, 6) is 2.55. The van der Waals surface area contributed by atoms with Crippen LogP contribution in [0, 0.1) is 17.8 Å². The van der Waals surface area contributed by atoms with Crippen LogP contribution in [-0.4, -0.2) is 5.78 Å². The van der Waals surface area contributed by atoms with Crippen molar-refractivity contribution in [2.24, 2.45) is 17.8 Å². The van der Waals surface area contributed by atoms with Crippen LogP contribution in [-0.2, 0) is 4.79 Å². The van der Waals surface area contributed by atoms with Crippen LogP contribution in [0.1, 0.15) is 32.6 Å². The summed E-state index contributed by atoms with van der Waals surface area (Å²) in [6.07, 6.45) is 5.39. The van der Waals surface area contributed by atoms with Gasteiger partial charge in [0.15, 0.2) is 0 Å². The Bertz CT molecular complexity index is 150. The van der Waals surface area contributed by atoms with E-state index >= 15 is 0 Å². The predicted octanol–water partition coefficient (Wildman–Crippen LogP) is 2.01. The summed E-state index contributed by atoms with van der Waals surface area (Å²) in [5, 5.41) is 0. The molecule has 0 aromatic heterocycles. The van der Waals surface area contributed by atoms with Gasteiger partial charge in [0.05, 0.1) is 0 Å². The van der Waals surface area contributed by atoms with Crippen LogP contribution in [0.4, 0.5) is 0 Å². The van der Waals surface area contributed by atoms with E-state index in [1.807, 2.05) is 0 Å². The van der Waals surface area contributed by atoms with E-state index in [0.717, 1.165) is 11.8 Å². The second-order valence-electron chi connectivity index (χ2n) is 3.75. The Kier molecular flexibility index (Phi) is 1.33. The summed E-state index contributed by atoms with van der Waals surface area (Å²) >= 11 is 0. The van der Waals surface area contributed by atoms with Crippen LogP contribution in [0.25, 0.3) is 0 Å². The molecule has 2 aliphatic rings. The van der Waals surface area contributed by atoms with Crippen molar-refractivity contribution in [1.29, 1.82) is 0 Å². The standard InChI is InChI=1S/C9H14O/c1-6(10)9-7-4-2-3-5-8(7)9/h7-9H,2-5H2,1H3. The van der Waals surface area contributed by atoms with Gasteiger partial charge in [-0.05, 0) is 31.6 Å². The normalized spacial score (nSPS) is 44.3. The highest BCUT2D eigenvalue weighted by atomic mass is 16.1. The van der Waals surface area contributed by atoms with Gasteiger partial charge in [0.2, 0.25) is 0 Å². The minimum Gasteiger partial charge on any atom is -0.300 e. The van der Waals surface area contributed by atoms with Crippen LogP contribution >= 0.6 is 0 Å². The number of Topliss-reactive ketones (excluding diaryl/α,β-unsaturated/α-hetero) is 1. The van der Waals surface area contributed by atoms with Gasteiger partial charge in [-0.15, -0.1) is 0 Å². The third kappa shape index (κ3) is 0.799. The van der Waals surface area contributed by atoms with Crippen molar-refractivity contribution in [2.45, 2.75) is 32.6 Å². The molecule has 0 radical (unpaired) electrons. The van der Waals surface area contributed by atoms with E-state index in [0.29, 0.717) is 11.7 Å². The molecule has 0 spiro atoms. The number of hydrogen-bond acceptors (Lipinski definition) is 1. The Hall–Kier alpha value is -0.330. The van der Waals surface area contributed by atoms with E-state index in [2.05, 4.69) is 0 Å². The maximum Gasteiger partial charge on any atom is 0.133 e. The third-order valence-corrected chi connectivity index (χ3v) is 3.13. The average molecular weight is 138 g/mol. The zero-order valence-corrected chi connectivity index (χ0v) is 6.47. The highest BCUT2D eigenvalue weighted by Crippen LogP contribution is 2.55. The van der Waals surface area contributed by atoms with Crippen LogP contribution in [0.5, 0.6) is 0 Å². The van der Waals surface area contributed by atoms with E-state index in [9.17, 15) is 4.79 Å². The number of carbonyl (C=O) groups excluding carboxylic acids is 1. The highest BCUT2D eigenvalue weighted by molar-refractivity contribution is 5.81. The Labute approximate surface area is 61.8 Å². The Morgan fingerprint density at radius 1 is 1.20 bits per heavy atom. The van der Waals surface area contributed by atoms with Gasteiger partial charge in [-0.25, -0.2) is 0 Å². The van der Waals surface area contributed by atoms with E-state index in [1.54, 1.807) is 6.92 Å². The molecule has 0 bridgehead atoms. The van der Waals surface area contributed by atoms with Gasteiger partial charge < -0.3 is 0 Å². The van der Waals surface area contributed by atoms with E-state index in [4.69, 9.17) is 0 Å². The lowest BCUT2D eigenvalue weighted by Crippen LogP contribution is -1.94. The molecule has 2 unspecified atom stereocenters. The number of fused-ring (bicyclic) bond motifs is 1. The van der Waals surface area contributed by atoms with Crippen molar-refractivity contribution >= 4 is 5.78 Å². The maximum absolute atomic E-state index is 11.0. The van der Waals surface area contributed by atoms with E-state index in [1.165, 1.54) is 25.7 Å². The molecule has 0 N–H and O–H groups in total. The second-order valence-corrected chi connectivity index (χ2v) is 3.75. The lowest BCUT2D eigenvalue weighted by molar-refractivity contribution is -0.118. The summed E-state index contributed by atoms with van der Waals surface area (Å²) < 4.78 is 0. The molecule has 2 fully saturated rings. The third-order valence-electron chi connectivity index (χ3n) is 3.13. The van der Waals surface area contributed by atoms with Gasteiger partial charge in [-0.2, -0.15) is 0 Å². The Morgan fingerprint density at radius 3 is 2.10 bits per heavy atom. The summed E-state index contributed by atoms with van der Waals surface area (Å²) in [5.41, 5.74) is 0. The number of ketones is 1. The molecular weight excluding hydrogens is 124 g/mol. The van der Waals surface area contributed by atoms with Crippen LogP contribution in [0.15, 0.2) is 0 Å². The van der Waals surface area contributed by atoms with Gasteiger partial charge >= 0.3 is 0 Å². The quantitative estimate of drug-likeness (QED) is 0.541. The first-order chi connectivity index (χ1) is 4.80. The van der Waals surface area contributed by atoms with Crippen molar-refractivity contribution in [3.05, 3.63) is 0 Å². The number of rotatable bonds is 1. The fourth-order valence-corrected chi connectivity index (χ4v) is 2.60. The fourth-order valence-electron chi connectivity index (χ4n) is 2.60. The number of hydrogen-bond donors (Lipinski definition) is 0. The minimum atomic E-state index is 0.442. The first-order valence-electron chi connectivity index (χ1n) is 4.31. The Morgan fingerprint density at radius 2 is 1.70 bits per heavy atom. The molecule has 56 valence electrons. The summed E-state index contributed by atoms with van der Waals surface area (Å²) in [6, 6.07) is 0. The number of carbonyl (C=O) groups is 1. The molecule has 0 amide bonds. The molecule has 0 aromatic rings. The molecule has 10 heavy (non-hydrogen) atoms. The summed E-state index contributed by atoms with van der Waals surface area (Å²) in [7, 11) is 0. The molecule has 1 heteroatoms. The molecular formula is C9H14O. The largest absolute Gasteiger partial charge is 0.300 e. The first kappa shape index (κ1) is 6.38. The summed E-state index contributed by atoms with van der Waals surface area (Å²) in [4.78, 5) is 11.0. The van der Waals surface area contributed by atoms with Crippen LogP contribution < -0.4 is 0 Å². The molecule has 0 heterocycles. The predicted molar refractivity (Wildman–Crippen MR) is 39.6 cm³/mol. The van der Waals surface area contributed by atoms with Crippen LogP contribution in [0.2, 0.25) is 0 Å². The van der Waals surface area contributed by atoms with Crippen molar-refractivity contribution in [3.63, 3.8) is 0 Å². The lowest BCUT2D eigenvalue weighted by atomic mass is 10.0. The lowest BCUT2D eigenvalue weighted by Gasteiger charge is -2.04. The second kappa shape index (κ2) is 2.08. The van der Waals surface area contributed by atoms with Crippen molar-refractivity contribution < 1.29 is 4.79 Å². The molecule has 0 saturated heterocycles. The zero-order valence-electron chi connectivity index (χ0n) is 6.47. The van der Waals surface area contributed by atoms with Crippen molar-refractivity contribution in [1.82, 2.24) is 0 Å². The average Bonchev–Trinajstić information content (AvgIpc) is 2.60. The SMILES string of the molecule is CC(=O)C1C2CCCCC21. The van der Waals surface area contributed by atoms with Gasteiger partial charge in [-0.3, -0.25) is 4.79 Å². The molecule has 2 aliphatic carbocycles. The van der Waals surface area contributed by atoms with Gasteiger partial charge in [0.1, 0.15) is 5.78 Å². The van der Waals surface area contributed by atoms with E-state index < -0.39 is 0 Å². The van der Waals surface area contributed by atoms with Gasteiger partial charge in [-0.1, -0.05) is 12.8 Å². The summed E-state index contributed by atoms with van der Waals surface area (Å²) in [6.45, 7) is 1.75. The topological polar surface area (TPSA) is 17.1 Å². The minimum absolute atomic E-state index is 0.442. The molecule has 1 nitrogen and oxygen atoms in total. The smallest absolute Gasteiger partial charge is 0.133 e. The molecule has 0 aliphatic heterocycles. The molecule has 0 aromatic carbocycles. The fraction of sp³-hybridized carbons (Fsp3) is 0.889. The first-order valence-corrected chi connectivity index (χ1v) is 4.31. The maximum atomic E-state index is 11.0. The van der Waals surface area contributed by atoms with Crippen molar-refractivity contribution in [3.8, 4) is 0 Å². The van der Waals surface area contributed by atoms with E-state index in [-0.39, 0.29) is 0 Å². The zero-order chi connectivity index (χ0) is 7.14. The van der Waals surface area contributed by atoms with Gasteiger partial charge in [0.25, 0.3) is 0 Å². The molecule has 2 saturated carbocycles. The Balaban J connectivity index is 1.99. The monoisotopic (exact) mass is 138 g/mol. The molecule has 2 atom stereocenters. The van der Waals surface area contributed by atoms with Crippen molar-refractivity contribution in [2.75, 3.05) is 0 Å². The highest BCUT2D eigenvalue weighted by Gasteiger charge is 2.52. The molecule has 2 rings (SSSR count). The van der Waals surface area contributed by atoms with Crippen LogP contribution in [0.3, 0.4) is 0 Å². The van der Waals surface area contributed by atoms with Gasteiger partial charge in [0, 0.05) is 5.92 Å².